The maximum absolute atomic E-state index is 13.8. The summed E-state index contributed by atoms with van der Waals surface area (Å²) in [5.41, 5.74) is 0.156. The number of hydrogen-bond acceptors (Lipinski definition) is 4. The van der Waals surface area contributed by atoms with Gasteiger partial charge >= 0.3 is 18.0 Å². The van der Waals surface area contributed by atoms with Gasteiger partial charge in [-0.1, -0.05) is 22.0 Å². The number of hydrogen-bond donors (Lipinski definition) is 2. The number of esters is 1. The highest BCUT2D eigenvalue weighted by Crippen LogP contribution is 2.34. The zero-order chi connectivity index (χ0) is 20.1. The maximum Gasteiger partial charge on any atom is 0.337 e. The Kier molecular flexibility index (Phi) is 6.89. The number of urea groups is 2. The second-order valence-corrected chi connectivity index (χ2v) is 6.47. The highest BCUT2D eigenvalue weighted by molar-refractivity contribution is 9.09. The quantitative estimate of drug-likeness (QED) is 0.414. The molecule has 1 atom stereocenters. The van der Waals surface area contributed by atoms with Crippen LogP contribution in [-0.2, 0) is 9.53 Å². The largest absolute Gasteiger partial charge is 0.466 e. The van der Waals surface area contributed by atoms with Gasteiger partial charge in [-0.3, -0.25) is 0 Å². The highest BCUT2D eigenvalue weighted by atomic mass is 79.9. The number of carbonyl (C=O) groups excluding carboxylic acids is 3. The Morgan fingerprint density at radius 1 is 1.33 bits per heavy atom. The van der Waals surface area contributed by atoms with Crippen LogP contribution in [0, 0.1) is 11.6 Å². The molecule has 0 saturated heterocycles. The third-order valence-corrected chi connectivity index (χ3v) is 4.48. The summed E-state index contributed by atoms with van der Waals surface area (Å²) < 4.78 is 31.9. The summed E-state index contributed by atoms with van der Waals surface area (Å²) in [4.78, 5) is 38.1. The third kappa shape index (κ3) is 4.44. The van der Waals surface area contributed by atoms with Crippen LogP contribution in [0.15, 0.2) is 29.5 Å². The van der Waals surface area contributed by atoms with Crippen LogP contribution in [0.1, 0.15) is 24.9 Å². The van der Waals surface area contributed by atoms with Gasteiger partial charge in [-0.05, 0) is 31.0 Å². The number of imide groups is 1. The van der Waals surface area contributed by atoms with Crippen molar-refractivity contribution in [3.8, 4) is 0 Å². The lowest BCUT2D eigenvalue weighted by atomic mass is 9.94. The number of benzene rings is 1. The standard InChI is InChI=1S/C17H18BrF2N3O4/c1-9-13(15(24)27-2)14(10-4-5-11(19)12(20)8-10)23(17(26)22-9)16(25)21-7-3-6-18/h4-5,8,14H,3,6-7H2,1-2H3,(H,21,25)(H,22,26). The second kappa shape index (κ2) is 8.94. The number of nitrogens with zero attached hydrogens (tertiary/aromatic N) is 1. The van der Waals surface area contributed by atoms with Gasteiger partial charge in [-0.25, -0.2) is 28.1 Å². The van der Waals surface area contributed by atoms with Crippen LogP contribution in [0.5, 0.6) is 0 Å². The Hall–Kier alpha value is -2.49. The van der Waals surface area contributed by atoms with Crippen molar-refractivity contribution in [2.75, 3.05) is 19.0 Å². The van der Waals surface area contributed by atoms with Crippen LogP contribution in [-0.4, -0.2) is 41.9 Å². The zero-order valence-corrected chi connectivity index (χ0v) is 16.2. The highest BCUT2D eigenvalue weighted by Gasteiger charge is 2.42. The van der Waals surface area contributed by atoms with Crippen molar-refractivity contribution >= 4 is 34.0 Å². The van der Waals surface area contributed by atoms with Crippen LogP contribution in [0.3, 0.4) is 0 Å². The van der Waals surface area contributed by atoms with Crippen molar-refractivity contribution in [2.45, 2.75) is 19.4 Å². The number of nitrogens with one attached hydrogen (secondary N) is 2. The number of alkyl halides is 1. The van der Waals surface area contributed by atoms with Crippen molar-refractivity contribution in [1.82, 2.24) is 15.5 Å². The van der Waals surface area contributed by atoms with Crippen molar-refractivity contribution in [3.05, 3.63) is 46.7 Å². The molecule has 7 nitrogen and oxygen atoms in total. The summed E-state index contributed by atoms with van der Waals surface area (Å²) in [5.74, 6) is -3.06. The lowest BCUT2D eigenvalue weighted by molar-refractivity contribution is -0.136. The van der Waals surface area contributed by atoms with E-state index in [1.165, 1.54) is 13.0 Å². The number of ether oxygens (including phenoxy) is 1. The fraction of sp³-hybridized carbons (Fsp3) is 0.353. The van der Waals surface area contributed by atoms with Crippen molar-refractivity contribution < 1.29 is 27.9 Å². The Morgan fingerprint density at radius 2 is 2.04 bits per heavy atom. The first-order chi connectivity index (χ1) is 12.8. The van der Waals surface area contributed by atoms with Crippen LogP contribution < -0.4 is 10.6 Å². The normalized spacial score (nSPS) is 16.9. The molecule has 0 saturated carbocycles. The molecule has 146 valence electrons. The Balaban J connectivity index is 2.55. The monoisotopic (exact) mass is 445 g/mol. The van der Waals surface area contributed by atoms with Gasteiger partial charge in [-0.15, -0.1) is 0 Å². The van der Waals surface area contributed by atoms with Gasteiger partial charge < -0.3 is 15.4 Å². The molecule has 0 aromatic heterocycles. The van der Waals surface area contributed by atoms with E-state index in [-0.39, 0.29) is 23.4 Å². The molecule has 0 bridgehead atoms. The van der Waals surface area contributed by atoms with Crippen molar-refractivity contribution in [2.24, 2.45) is 0 Å². The molecule has 1 aliphatic rings. The van der Waals surface area contributed by atoms with Gasteiger partial charge in [0.15, 0.2) is 11.6 Å². The number of methoxy groups -OCH3 is 1. The zero-order valence-electron chi connectivity index (χ0n) is 14.6. The molecular formula is C17H18BrF2N3O4. The summed E-state index contributed by atoms with van der Waals surface area (Å²) in [7, 11) is 1.14. The topological polar surface area (TPSA) is 87.7 Å². The molecule has 4 amide bonds. The SMILES string of the molecule is COC(=O)C1=C(C)NC(=O)N(C(=O)NCCCBr)C1c1ccc(F)c(F)c1. The summed E-state index contributed by atoms with van der Waals surface area (Å²) in [5, 5.41) is 5.61. The van der Waals surface area contributed by atoms with Gasteiger partial charge in [-0.2, -0.15) is 0 Å². The number of carbonyl (C=O) groups is 3. The average Bonchev–Trinajstić information content (AvgIpc) is 2.63. The minimum Gasteiger partial charge on any atom is -0.466 e. The molecule has 1 aliphatic heterocycles. The molecule has 0 radical (unpaired) electrons. The van der Waals surface area contributed by atoms with Crippen LogP contribution in [0.2, 0.25) is 0 Å². The molecule has 0 spiro atoms. The maximum atomic E-state index is 13.8. The molecule has 2 rings (SSSR count). The van der Waals surface area contributed by atoms with Gasteiger partial charge in [0.25, 0.3) is 0 Å². The second-order valence-electron chi connectivity index (χ2n) is 5.68. The number of rotatable bonds is 5. The summed E-state index contributed by atoms with van der Waals surface area (Å²) in [6.45, 7) is 1.73. The predicted molar refractivity (Wildman–Crippen MR) is 96.0 cm³/mol. The molecule has 0 aliphatic carbocycles. The average molecular weight is 446 g/mol. The van der Waals surface area contributed by atoms with E-state index in [4.69, 9.17) is 4.74 Å². The van der Waals surface area contributed by atoms with E-state index >= 15 is 0 Å². The molecule has 1 aromatic rings. The van der Waals surface area contributed by atoms with Crippen LogP contribution in [0.25, 0.3) is 0 Å². The number of halogens is 3. The molecule has 27 heavy (non-hydrogen) atoms. The van der Waals surface area contributed by atoms with Crippen LogP contribution >= 0.6 is 15.9 Å². The van der Waals surface area contributed by atoms with E-state index in [0.717, 1.165) is 24.1 Å². The van der Waals surface area contributed by atoms with E-state index in [9.17, 15) is 23.2 Å². The Bertz CT molecular complexity index is 800. The summed E-state index contributed by atoms with van der Waals surface area (Å²) >= 11 is 3.23. The van der Waals surface area contributed by atoms with E-state index in [1.54, 1.807) is 0 Å². The first-order valence-corrected chi connectivity index (χ1v) is 9.12. The van der Waals surface area contributed by atoms with Gasteiger partial charge in [0.2, 0.25) is 0 Å². The molecular weight excluding hydrogens is 428 g/mol. The summed E-state index contributed by atoms with van der Waals surface area (Å²) in [6, 6.07) is 0.0561. The number of amides is 4. The third-order valence-electron chi connectivity index (χ3n) is 3.92. The smallest absolute Gasteiger partial charge is 0.337 e. The lowest BCUT2D eigenvalue weighted by Crippen LogP contribution is -2.54. The van der Waals surface area contributed by atoms with Crippen molar-refractivity contribution in [1.29, 1.82) is 0 Å². The molecule has 0 fully saturated rings. The van der Waals surface area contributed by atoms with Gasteiger partial charge in [0, 0.05) is 17.6 Å². The Morgan fingerprint density at radius 3 is 2.63 bits per heavy atom. The molecule has 10 heteroatoms. The van der Waals surface area contributed by atoms with E-state index in [0.29, 0.717) is 11.8 Å². The van der Waals surface area contributed by atoms with Gasteiger partial charge in [0.1, 0.15) is 6.04 Å². The summed E-state index contributed by atoms with van der Waals surface area (Å²) in [6.07, 6.45) is 0.607. The molecule has 1 heterocycles. The van der Waals surface area contributed by atoms with Crippen molar-refractivity contribution in [3.63, 3.8) is 0 Å². The fourth-order valence-corrected chi connectivity index (χ4v) is 2.95. The van der Waals surface area contributed by atoms with E-state index in [2.05, 4.69) is 26.6 Å². The number of allylic oxidation sites excluding steroid dienone is 1. The lowest BCUT2D eigenvalue weighted by Gasteiger charge is -2.36. The minimum absolute atomic E-state index is 0.0548. The first-order valence-electron chi connectivity index (χ1n) is 7.99. The first kappa shape index (κ1) is 20.8. The minimum atomic E-state index is -1.27. The Labute approximate surface area is 162 Å². The van der Waals surface area contributed by atoms with E-state index < -0.39 is 35.7 Å². The fourth-order valence-electron chi connectivity index (χ4n) is 2.67. The molecule has 2 N–H and O–H groups in total. The van der Waals surface area contributed by atoms with E-state index in [1.807, 2.05) is 0 Å². The van der Waals surface area contributed by atoms with Gasteiger partial charge in [0.05, 0.1) is 12.7 Å². The predicted octanol–water partition coefficient (Wildman–Crippen LogP) is 2.97. The molecule has 1 unspecified atom stereocenters. The molecule has 1 aromatic carbocycles. The van der Waals surface area contributed by atoms with Crippen LogP contribution in [0.4, 0.5) is 18.4 Å².